The van der Waals surface area contributed by atoms with Crippen LogP contribution in [0.5, 0.6) is 11.5 Å². The predicted molar refractivity (Wildman–Crippen MR) is 134 cm³/mol. The molecule has 1 aromatic heterocycles. The third-order valence-electron chi connectivity index (χ3n) is 5.92. The molecule has 1 amide bonds. The molecule has 180 valence electrons. The number of rotatable bonds is 9. The maximum atomic E-state index is 12.9. The van der Waals surface area contributed by atoms with Crippen LogP contribution < -0.4 is 14.4 Å². The van der Waals surface area contributed by atoms with Crippen molar-refractivity contribution >= 4 is 23.6 Å². The third kappa shape index (κ3) is 5.30. The fraction of sp³-hybridized carbons (Fsp3) is 0.400. The second-order valence-corrected chi connectivity index (χ2v) is 9.32. The molecule has 0 N–H and O–H groups in total. The molecule has 3 aromatic rings. The highest BCUT2D eigenvalue weighted by molar-refractivity contribution is 7.99. The van der Waals surface area contributed by atoms with E-state index in [0.29, 0.717) is 18.0 Å². The SMILES string of the molecule is COc1ccc(CN(C)C(=O)CSc2nnc(N3CCCC3)n2-c2ccc(C)cc2)cc1OC. The summed E-state index contributed by atoms with van der Waals surface area (Å²) >= 11 is 1.41. The van der Waals surface area contributed by atoms with Crippen molar-refractivity contribution in [3.63, 3.8) is 0 Å². The molecule has 0 bridgehead atoms. The molecule has 1 aliphatic heterocycles. The molecule has 8 nitrogen and oxygen atoms in total. The Hall–Kier alpha value is -3.20. The number of anilines is 1. The number of carbonyl (C=O) groups is 1. The molecule has 0 saturated carbocycles. The standard InChI is InChI=1S/C25H31N5O3S/c1-18-7-10-20(11-8-18)30-24(29-13-5-6-14-29)26-27-25(30)34-17-23(31)28(2)16-19-9-12-21(32-3)22(15-19)33-4/h7-12,15H,5-6,13-14,16-17H2,1-4H3. The monoisotopic (exact) mass is 481 g/mol. The van der Waals surface area contributed by atoms with Crippen molar-refractivity contribution in [3.8, 4) is 17.2 Å². The Kier molecular flexibility index (Phi) is 7.62. The summed E-state index contributed by atoms with van der Waals surface area (Å²) in [7, 11) is 5.02. The molecule has 0 aliphatic carbocycles. The van der Waals surface area contributed by atoms with E-state index >= 15 is 0 Å². The van der Waals surface area contributed by atoms with Crippen LogP contribution in [0.15, 0.2) is 47.6 Å². The van der Waals surface area contributed by atoms with Gasteiger partial charge in [0.05, 0.1) is 25.7 Å². The lowest BCUT2D eigenvalue weighted by Crippen LogP contribution is -2.28. The van der Waals surface area contributed by atoms with Gasteiger partial charge in [0.15, 0.2) is 16.7 Å². The van der Waals surface area contributed by atoms with E-state index in [9.17, 15) is 4.79 Å². The molecule has 34 heavy (non-hydrogen) atoms. The van der Waals surface area contributed by atoms with Crippen LogP contribution in [-0.2, 0) is 11.3 Å². The number of thioether (sulfide) groups is 1. The van der Waals surface area contributed by atoms with E-state index in [4.69, 9.17) is 9.47 Å². The first-order valence-electron chi connectivity index (χ1n) is 11.3. The van der Waals surface area contributed by atoms with E-state index < -0.39 is 0 Å². The number of ether oxygens (including phenoxy) is 2. The van der Waals surface area contributed by atoms with Crippen LogP contribution in [0.25, 0.3) is 5.69 Å². The maximum absolute atomic E-state index is 12.9. The predicted octanol–water partition coefficient (Wildman–Crippen LogP) is 3.94. The number of hydrogen-bond acceptors (Lipinski definition) is 7. The Morgan fingerprint density at radius 3 is 2.41 bits per heavy atom. The highest BCUT2D eigenvalue weighted by Gasteiger charge is 2.23. The number of aryl methyl sites for hydroxylation is 1. The third-order valence-corrected chi connectivity index (χ3v) is 6.83. The molecule has 0 unspecified atom stereocenters. The van der Waals surface area contributed by atoms with E-state index in [1.165, 1.54) is 17.3 Å². The van der Waals surface area contributed by atoms with E-state index in [-0.39, 0.29) is 11.7 Å². The van der Waals surface area contributed by atoms with Crippen LogP contribution in [0.4, 0.5) is 5.95 Å². The van der Waals surface area contributed by atoms with Gasteiger partial charge in [-0.1, -0.05) is 35.5 Å². The van der Waals surface area contributed by atoms with Crippen molar-refractivity contribution < 1.29 is 14.3 Å². The lowest BCUT2D eigenvalue weighted by molar-refractivity contribution is -0.127. The smallest absolute Gasteiger partial charge is 0.233 e. The summed E-state index contributed by atoms with van der Waals surface area (Å²) in [6.45, 7) is 4.49. The molecule has 0 radical (unpaired) electrons. The zero-order valence-corrected chi connectivity index (χ0v) is 21.0. The van der Waals surface area contributed by atoms with Crippen molar-refractivity contribution in [1.82, 2.24) is 19.7 Å². The lowest BCUT2D eigenvalue weighted by Gasteiger charge is -2.19. The zero-order valence-electron chi connectivity index (χ0n) is 20.2. The number of aromatic nitrogens is 3. The molecular weight excluding hydrogens is 450 g/mol. The van der Waals surface area contributed by atoms with Crippen molar-refractivity contribution in [3.05, 3.63) is 53.6 Å². The van der Waals surface area contributed by atoms with Crippen LogP contribution in [0.1, 0.15) is 24.0 Å². The number of methoxy groups -OCH3 is 2. The van der Waals surface area contributed by atoms with E-state index in [0.717, 1.165) is 48.3 Å². The number of benzene rings is 2. The molecule has 0 spiro atoms. The fourth-order valence-corrected chi connectivity index (χ4v) is 4.86. The Bertz CT molecular complexity index is 1130. The van der Waals surface area contributed by atoms with Crippen LogP contribution in [0, 0.1) is 6.92 Å². The van der Waals surface area contributed by atoms with Crippen molar-refractivity contribution in [2.24, 2.45) is 0 Å². The van der Waals surface area contributed by atoms with E-state index in [2.05, 4.69) is 50.9 Å². The molecule has 9 heteroatoms. The minimum Gasteiger partial charge on any atom is -0.493 e. The summed E-state index contributed by atoms with van der Waals surface area (Å²) in [5, 5.41) is 9.66. The molecule has 2 aromatic carbocycles. The van der Waals surface area contributed by atoms with Gasteiger partial charge >= 0.3 is 0 Å². The zero-order chi connectivity index (χ0) is 24.1. The summed E-state index contributed by atoms with van der Waals surface area (Å²) in [6.07, 6.45) is 2.31. The van der Waals surface area contributed by atoms with Gasteiger partial charge in [-0.05, 0) is 49.6 Å². The topological polar surface area (TPSA) is 72.7 Å². The van der Waals surface area contributed by atoms with Gasteiger partial charge in [-0.15, -0.1) is 10.2 Å². The Morgan fingerprint density at radius 2 is 1.74 bits per heavy atom. The molecule has 1 aliphatic rings. The van der Waals surface area contributed by atoms with Gasteiger partial charge in [0.1, 0.15) is 0 Å². The number of nitrogens with zero attached hydrogens (tertiary/aromatic N) is 5. The Labute approximate surface area is 204 Å². The van der Waals surface area contributed by atoms with Crippen molar-refractivity contribution in [2.75, 3.05) is 45.0 Å². The molecule has 4 rings (SSSR count). The second kappa shape index (κ2) is 10.8. The fourth-order valence-electron chi connectivity index (χ4n) is 3.97. The van der Waals surface area contributed by atoms with E-state index in [1.807, 2.05) is 18.2 Å². The molecule has 1 saturated heterocycles. The minimum absolute atomic E-state index is 0.0148. The highest BCUT2D eigenvalue weighted by atomic mass is 32.2. The average molecular weight is 482 g/mol. The van der Waals surface area contributed by atoms with Crippen LogP contribution in [0.3, 0.4) is 0 Å². The molecule has 0 atom stereocenters. The minimum atomic E-state index is 0.0148. The van der Waals surface area contributed by atoms with Gasteiger partial charge in [-0.25, -0.2) is 0 Å². The second-order valence-electron chi connectivity index (χ2n) is 8.38. The van der Waals surface area contributed by atoms with Crippen LogP contribution in [-0.4, -0.2) is 65.7 Å². The summed E-state index contributed by atoms with van der Waals surface area (Å²) in [4.78, 5) is 16.9. The average Bonchev–Trinajstić information content (AvgIpc) is 3.53. The largest absolute Gasteiger partial charge is 0.493 e. The normalized spacial score (nSPS) is 13.2. The Morgan fingerprint density at radius 1 is 1.03 bits per heavy atom. The first kappa shape index (κ1) is 23.9. The van der Waals surface area contributed by atoms with Crippen LogP contribution >= 0.6 is 11.8 Å². The highest BCUT2D eigenvalue weighted by Crippen LogP contribution is 2.30. The summed E-state index contributed by atoms with van der Waals surface area (Å²) in [5.41, 5.74) is 3.17. The first-order chi connectivity index (χ1) is 16.5. The summed E-state index contributed by atoms with van der Waals surface area (Å²) in [5.74, 6) is 2.44. The van der Waals surface area contributed by atoms with Gasteiger partial charge < -0.3 is 19.3 Å². The van der Waals surface area contributed by atoms with Gasteiger partial charge in [0.25, 0.3) is 0 Å². The van der Waals surface area contributed by atoms with Crippen LogP contribution in [0.2, 0.25) is 0 Å². The summed E-state index contributed by atoms with van der Waals surface area (Å²) < 4.78 is 12.7. The lowest BCUT2D eigenvalue weighted by atomic mass is 10.2. The molecule has 2 heterocycles. The van der Waals surface area contributed by atoms with Gasteiger partial charge in [0.2, 0.25) is 11.9 Å². The van der Waals surface area contributed by atoms with Gasteiger partial charge in [-0.2, -0.15) is 0 Å². The molecular formula is C25H31N5O3S. The van der Waals surface area contributed by atoms with Crippen molar-refractivity contribution in [1.29, 1.82) is 0 Å². The van der Waals surface area contributed by atoms with Gasteiger partial charge in [0, 0.05) is 26.7 Å². The number of carbonyl (C=O) groups excluding carboxylic acids is 1. The van der Waals surface area contributed by atoms with E-state index in [1.54, 1.807) is 26.2 Å². The van der Waals surface area contributed by atoms with Crippen molar-refractivity contribution in [2.45, 2.75) is 31.5 Å². The maximum Gasteiger partial charge on any atom is 0.233 e. The molecule has 1 fully saturated rings. The van der Waals surface area contributed by atoms with Gasteiger partial charge in [-0.3, -0.25) is 9.36 Å². The Balaban J connectivity index is 1.47. The number of amides is 1. The number of hydrogen-bond donors (Lipinski definition) is 0. The first-order valence-corrected chi connectivity index (χ1v) is 12.3. The summed E-state index contributed by atoms with van der Waals surface area (Å²) in [6, 6.07) is 14.0. The quantitative estimate of drug-likeness (QED) is 0.429.